The average molecular weight is 530 g/mol. The molecule has 9 nitrogen and oxygen atoms in total. The van der Waals surface area contributed by atoms with E-state index in [4.69, 9.17) is 9.90 Å². The molecule has 37 heavy (non-hydrogen) atoms. The summed E-state index contributed by atoms with van der Waals surface area (Å²) in [5.41, 5.74) is -0.775. The molecular formula is C22H20F6N6O3. The number of aliphatic carboxylic acids is 1. The van der Waals surface area contributed by atoms with Crippen molar-refractivity contribution in [2.75, 3.05) is 23.3 Å². The fourth-order valence-corrected chi connectivity index (χ4v) is 4.20. The minimum Gasteiger partial charge on any atom is -0.475 e. The molecule has 0 aliphatic carbocycles. The lowest BCUT2D eigenvalue weighted by Gasteiger charge is -2.46. The van der Waals surface area contributed by atoms with Gasteiger partial charge in [0, 0.05) is 31.4 Å². The summed E-state index contributed by atoms with van der Waals surface area (Å²) in [5, 5.41) is 17.1. The van der Waals surface area contributed by atoms with Crippen molar-refractivity contribution >= 4 is 29.0 Å². The zero-order chi connectivity index (χ0) is 27.0. The Balaban J connectivity index is 0.000000405. The summed E-state index contributed by atoms with van der Waals surface area (Å²) in [6.45, 7) is 1.72. The van der Waals surface area contributed by atoms with Gasteiger partial charge in [-0.2, -0.15) is 31.4 Å². The van der Waals surface area contributed by atoms with Crippen molar-refractivity contribution in [3.05, 3.63) is 53.9 Å². The fraction of sp³-hybridized carbons (Fsp3) is 0.364. The quantitative estimate of drug-likeness (QED) is 0.444. The Morgan fingerprint density at radius 2 is 1.78 bits per heavy atom. The zero-order valence-electron chi connectivity index (χ0n) is 18.8. The number of carbonyl (C=O) groups excluding carboxylic acids is 1. The maximum Gasteiger partial charge on any atom is 0.490 e. The zero-order valence-corrected chi connectivity index (χ0v) is 18.8. The van der Waals surface area contributed by atoms with Crippen molar-refractivity contribution in [2.45, 2.75) is 37.3 Å². The van der Waals surface area contributed by atoms with Crippen LogP contribution in [0.25, 0.3) is 5.65 Å². The summed E-state index contributed by atoms with van der Waals surface area (Å²) < 4.78 is 72.9. The van der Waals surface area contributed by atoms with E-state index in [-0.39, 0.29) is 11.3 Å². The van der Waals surface area contributed by atoms with E-state index >= 15 is 0 Å². The first-order valence-electron chi connectivity index (χ1n) is 11.0. The highest BCUT2D eigenvalue weighted by molar-refractivity contribution is 6.08. The lowest BCUT2D eigenvalue weighted by Crippen LogP contribution is -2.61. The van der Waals surface area contributed by atoms with E-state index in [9.17, 15) is 31.1 Å². The van der Waals surface area contributed by atoms with Gasteiger partial charge >= 0.3 is 18.3 Å². The number of aromatic nitrogens is 3. The molecule has 15 heteroatoms. The lowest BCUT2D eigenvalue weighted by molar-refractivity contribution is -0.192. The highest BCUT2D eigenvalue weighted by Gasteiger charge is 2.38. The summed E-state index contributed by atoms with van der Waals surface area (Å²) in [4.78, 5) is 28.5. The highest BCUT2D eigenvalue weighted by Crippen LogP contribution is 2.35. The molecule has 6 rings (SSSR count). The van der Waals surface area contributed by atoms with Crippen molar-refractivity contribution in [2.24, 2.45) is 0 Å². The Labute approximate surface area is 205 Å². The van der Waals surface area contributed by atoms with Crippen LogP contribution in [0.2, 0.25) is 0 Å². The van der Waals surface area contributed by atoms with Crippen LogP contribution in [-0.4, -0.2) is 62.9 Å². The maximum atomic E-state index is 13.2. The third kappa shape index (κ3) is 5.76. The van der Waals surface area contributed by atoms with E-state index in [1.807, 2.05) is 6.07 Å². The van der Waals surface area contributed by atoms with Crippen LogP contribution in [0.5, 0.6) is 0 Å². The monoisotopic (exact) mass is 530 g/mol. The summed E-state index contributed by atoms with van der Waals surface area (Å²) in [5.74, 6) is -2.70. The number of carboxylic acids is 1. The van der Waals surface area contributed by atoms with Gasteiger partial charge in [-0.3, -0.25) is 4.79 Å². The molecule has 3 aromatic rings. The molecule has 1 aromatic carbocycles. The number of benzene rings is 1. The second-order valence-corrected chi connectivity index (χ2v) is 8.40. The van der Waals surface area contributed by atoms with Crippen LogP contribution in [0.4, 0.5) is 37.8 Å². The van der Waals surface area contributed by atoms with Gasteiger partial charge < -0.3 is 20.6 Å². The number of rotatable bonds is 3. The Kier molecular flexibility index (Phi) is 6.99. The van der Waals surface area contributed by atoms with E-state index < -0.39 is 29.8 Å². The number of alkyl halides is 6. The van der Waals surface area contributed by atoms with Gasteiger partial charge in [0.05, 0.1) is 17.4 Å². The van der Waals surface area contributed by atoms with E-state index in [0.29, 0.717) is 17.7 Å². The number of fused-ring (bicyclic) bond motifs is 4. The van der Waals surface area contributed by atoms with Crippen LogP contribution in [-0.2, 0) is 11.0 Å². The number of halogens is 6. The van der Waals surface area contributed by atoms with E-state index in [2.05, 4.69) is 25.6 Å². The molecule has 3 fully saturated rings. The summed E-state index contributed by atoms with van der Waals surface area (Å²) in [6.07, 6.45) is -4.42. The van der Waals surface area contributed by atoms with Crippen LogP contribution in [0.3, 0.4) is 0 Å². The van der Waals surface area contributed by atoms with Crippen LogP contribution < -0.4 is 15.5 Å². The number of carbonyl (C=O) groups is 2. The molecule has 0 radical (unpaired) electrons. The molecule has 3 N–H and O–H groups in total. The third-order valence-electron chi connectivity index (χ3n) is 5.96. The van der Waals surface area contributed by atoms with E-state index in [1.165, 1.54) is 28.9 Å². The van der Waals surface area contributed by atoms with Crippen LogP contribution >= 0.6 is 0 Å². The number of piperazine rings is 1. The fourth-order valence-electron chi connectivity index (χ4n) is 4.20. The normalized spacial score (nSPS) is 19.4. The summed E-state index contributed by atoms with van der Waals surface area (Å²) in [6, 6.07) is 7.48. The minimum absolute atomic E-state index is 0.120. The van der Waals surface area contributed by atoms with Gasteiger partial charge in [-0.25, -0.2) is 14.3 Å². The molecule has 1 amide bonds. The number of anilines is 2. The Morgan fingerprint density at radius 3 is 2.35 bits per heavy atom. The van der Waals surface area contributed by atoms with Crippen LogP contribution in [0.15, 0.2) is 42.7 Å². The number of piperidine rings is 2. The first-order valence-corrected chi connectivity index (χ1v) is 11.0. The van der Waals surface area contributed by atoms with Crippen molar-refractivity contribution < 1.29 is 41.0 Å². The predicted molar refractivity (Wildman–Crippen MR) is 118 cm³/mol. The minimum atomic E-state index is -5.08. The van der Waals surface area contributed by atoms with Crippen LogP contribution in [0.1, 0.15) is 28.8 Å². The molecule has 3 aliphatic rings. The number of hydrogen-bond acceptors (Lipinski definition) is 6. The van der Waals surface area contributed by atoms with Gasteiger partial charge in [0.15, 0.2) is 5.65 Å². The highest BCUT2D eigenvalue weighted by atomic mass is 19.4. The molecule has 2 bridgehead atoms. The maximum absolute atomic E-state index is 13.2. The topological polar surface area (TPSA) is 112 Å². The first kappa shape index (κ1) is 26.2. The molecule has 2 unspecified atom stereocenters. The van der Waals surface area contributed by atoms with Gasteiger partial charge in [0.25, 0.3) is 5.91 Å². The molecule has 198 valence electrons. The van der Waals surface area contributed by atoms with Gasteiger partial charge in [0.2, 0.25) is 0 Å². The number of para-hydroxylation sites is 1. The third-order valence-corrected chi connectivity index (χ3v) is 5.96. The molecule has 2 aromatic heterocycles. The largest absolute Gasteiger partial charge is 0.490 e. The number of carboxylic acid groups (broad SMARTS) is 1. The Hall–Kier alpha value is -3.88. The second-order valence-electron chi connectivity index (χ2n) is 8.40. The molecule has 3 aliphatic heterocycles. The molecule has 2 atom stereocenters. The molecule has 0 spiro atoms. The average Bonchev–Trinajstić information content (AvgIpc) is 3.28. The van der Waals surface area contributed by atoms with Crippen molar-refractivity contribution in [3.8, 4) is 0 Å². The molecule has 3 saturated heterocycles. The van der Waals surface area contributed by atoms with Crippen LogP contribution in [0, 0.1) is 0 Å². The number of nitrogens with one attached hydrogen (secondary N) is 2. The Bertz CT molecular complexity index is 1300. The first-order chi connectivity index (χ1) is 17.3. The lowest BCUT2D eigenvalue weighted by atomic mass is 9.93. The second kappa shape index (κ2) is 9.88. The number of amides is 1. The van der Waals surface area contributed by atoms with Gasteiger partial charge in [-0.1, -0.05) is 12.1 Å². The SMILES string of the molecule is O=C(Nc1ccccc1C(F)(F)F)c1cnn2ccc(N3CC4CCC3CN4)nc12.O=C(O)C(F)(F)F. The smallest absolute Gasteiger partial charge is 0.475 e. The molecule has 0 saturated carbocycles. The molecular weight excluding hydrogens is 510 g/mol. The number of nitrogens with zero attached hydrogens (tertiary/aromatic N) is 4. The van der Waals surface area contributed by atoms with Gasteiger partial charge in [0.1, 0.15) is 11.4 Å². The Morgan fingerprint density at radius 1 is 1.08 bits per heavy atom. The summed E-state index contributed by atoms with van der Waals surface area (Å²) in [7, 11) is 0. The van der Waals surface area contributed by atoms with Gasteiger partial charge in [-0.15, -0.1) is 0 Å². The standard InChI is InChI=1S/C20H19F3N6O.C2HF3O2/c21-20(22,23)15-3-1-2-4-16(15)26-19(30)14-10-25-29-8-7-17(27-18(14)29)28-11-12-5-6-13(28)9-24-12;3-2(4,5)1(6)7/h1-4,7-8,10,12-13,24H,5-6,9,11H2,(H,26,30);(H,6,7). The van der Waals surface area contributed by atoms with Gasteiger partial charge in [-0.05, 0) is 31.0 Å². The number of hydrogen-bond donors (Lipinski definition) is 3. The van der Waals surface area contributed by atoms with E-state index in [1.54, 1.807) is 6.20 Å². The van der Waals surface area contributed by atoms with Crippen molar-refractivity contribution in [1.82, 2.24) is 19.9 Å². The van der Waals surface area contributed by atoms with Crippen molar-refractivity contribution in [3.63, 3.8) is 0 Å². The van der Waals surface area contributed by atoms with E-state index in [0.717, 1.165) is 37.8 Å². The van der Waals surface area contributed by atoms with Crippen molar-refractivity contribution in [1.29, 1.82) is 0 Å². The predicted octanol–water partition coefficient (Wildman–Crippen LogP) is 3.57. The summed E-state index contributed by atoms with van der Waals surface area (Å²) >= 11 is 0. The molecule has 5 heterocycles.